The van der Waals surface area contributed by atoms with E-state index < -0.39 is 45.1 Å². The molecule has 9 nitrogen and oxygen atoms in total. The van der Waals surface area contributed by atoms with Gasteiger partial charge in [-0.05, 0) is 0 Å². The Kier molecular flexibility index (Phi) is 11.1. The van der Waals surface area contributed by atoms with Crippen molar-refractivity contribution in [3.05, 3.63) is 0 Å². The van der Waals surface area contributed by atoms with Crippen molar-refractivity contribution in [2.45, 2.75) is 30.7 Å². The number of rotatable bonds is 3. The van der Waals surface area contributed by atoms with Gasteiger partial charge in [0.1, 0.15) is 24.4 Å². The molecule has 0 unspecified atom stereocenters. The third-order valence-corrected chi connectivity index (χ3v) is 2.58. The van der Waals surface area contributed by atoms with Crippen molar-refractivity contribution in [1.29, 1.82) is 0 Å². The van der Waals surface area contributed by atoms with Gasteiger partial charge >= 0.3 is 66.9 Å². The van der Waals surface area contributed by atoms with Crippen molar-refractivity contribution in [3.8, 4) is 0 Å². The average Bonchev–Trinajstić information content (AvgIpc) is 2.17. The van der Waals surface area contributed by atoms with Gasteiger partial charge in [0.15, 0.2) is 6.29 Å². The summed E-state index contributed by atoms with van der Waals surface area (Å²) >= 11 is 0. The van der Waals surface area contributed by atoms with Gasteiger partial charge in [-0.2, -0.15) is 0 Å². The van der Waals surface area contributed by atoms with Gasteiger partial charge < -0.3 is 37.8 Å². The van der Waals surface area contributed by atoms with E-state index in [-0.39, 0.29) is 62.0 Å². The summed E-state index contributed by atoms with van der Waals surface area (Å²) in [4.78, 5) is 16.8. The minimum Gasteiger partial charge on any atom is -1.00 e. The van der Waals surface area contributed by atoms with E-state index in [9.17, 15) is 14.8 Å². The number of hydrogen-bond acceptors (Lipinski definition) is 7. The molecule has 0 aromatic rings. The molecule has 0 amide bonds. The summed E-state index contributed by atoms with van der Waals surface area (Å²) in [5.74, 6) is 0. The fraction of sp³-hybridized carbons (Fsp3) is 1.00. The summed E-state index contributed by atoms with van der Waals surface area (Å²) < 4.78 is 19.0. The van der Waals surface area contributed by atoms with Crippen molar-refractivity contribution in [2.24, 2.45) is 0 Å². The molecule has 1 aliphatic heterocycles. The van der Waals surface area contributed by atoms with Crippen LogP contribution in [0, 0.1) is 0 Å². The van der Waals surface area contributed by atoms with Gasteiger partial charge in [-0.15, -0.1) is 0 Å². The monoisotopic (exact) mass is 308 g/mol. The first-order chi connectivity index (χ1) is 7.22. The van der Waals surface area contributed by atoms with E-state index in [4.69, 9.17) is 20.0 Å². The first-order valence-electron chi connectivity index (χ1n) is 4.30. The third kappa shape index (κ3) is 6.57. The minimum atomic E-state index is -4.73. The second kappa shape index (κ2) is 9.04. The molecule has 0 aromatic heterocycles. The van der Waals surface area contributed by atoms with Crippen LogP contribution in [0.2, 0.25) is 0 Å². The van der Waals surface area contributed by atoms with E-state index >= 15 is 0 Å². The average molecular weight is 308 g/mol. The Hall–Kier alpha value is 1.91. The number of phosphoric ester groups is 1. The molecule has 0 aliphatic carbocycles. The van der Waals surface area contributed by atoms with Crippen LogP contribution < -0.4 is 59.1 Å². The quantitative estimate of drug-likeness (QED) is 0.220. The Morgan fingerprint density at radius 1 is 1.06 bits per heavy atom. The topological polar surface area (TPSA) is 157 Å². The van der Waals surface area contributed by atoms with Crippen LogP contribution in [0.15, 0.2) is 0 Å². The maximum atomic E-state index is 10.4. The molecule has 0 radical (unpaired) electrons. The number of aliphatic hydroxyl groups is 4. The Bertz CT molecular complexity index is 296. The number of hydrogen-bond donors (Lipinski definition) is 6. The molecule has 0 saturated carbocycles. The minimum absolute atomic E-state index is 0. The zero-order chi connectivity index (χ0) is 12.5. The van der Waals surface area contributed by atoms with Crippen molar-refractivity contribution in [1.82, 2.24) is 0 Å². The van der Waals surface area contributed by atoms with E-state index in [0.717, 1.165) is 0 Å². The largest absolute Gasteiger partial charge is 1.00 e. The smallest absolute Gasteiger partial charge is 1.00 e. The number of phosphoric acid groups is 1. The third-order valence-electron chi connectivity index (χ3n) is 2.09. The second-order valence-corrected chi connectivity index (χ2v) is 4.56. The fourth-order valence-corrected chi connectivity index (χ4v) is 1.58. The summed E-state index contributed by atoms with van der Waals surface area (Å²) in [5, 5.41) is 36.7. The summed E-state index contributed by atoms with van der Waals surface area (Å²) in [6, 6.07) is 0. The zero-order valence-electron chi connectivity index (χ0n) is 11.9. The van der Waals surface area contributed by atoms with E-state index in [1.54, 1.807) is 0 Å². The Morgan fingerprint density at radius 3 is 2.00 bits per heavy atom. The predicted molar refractivity (Wildman–Crippen MR) is 49.1 cm³/mol. The van der Waals surface area contributed by atoms with Crippen molar-refractivity contribution < 1.29 is 106 Å². The van der Waals surface area contributed by atoms with Crippen LogP contribution in [0.5, 0.6) is 0 Å². The van der Waals surface area contributed by atoms with Gasteiger partial charge in [0.2, 0.25) is 0 Å². The van der Waals surface area contributed by atoms with Gasteiger partial charge in [0.05, 0.1) is 6.61 Å². The van der Waals surface area contributed by atoms with E-state index in [1.807, 2.05) is 0 Å². The standard InChI is InChI=1S/C6H13O9P.2Na.2H/c7-3-2(1-14-16(11,12)13)15-6(10)5(9)4(3)8;;;;/h2-10H,1H2,(H2,11,12,13);;;;/q;2*+1;2*-1/t2-,3-,4+,5-,6+;;;;/m1..../s1. The molecule has 0 bridgehead atoms. The molecule has 12 heteroatoms. The van der Waals surface area contributed by atoms with Crippen LogP contribution in [-0.2, 0) is 13.8 Å². The molecule has 1 saturated heterocycles. The molecule has 6 N–H and O–H groups in total. The molecule has 1 aliphatic rings. The summed E-state index contributed by atoms with van der Waals surface area (Å²) in [6.07, 6.45) is -8.11. The van der Waals surface area contributed by atoms with E-state index in [0.29, 0.717) is 0 Å². The van der Waals surface area contributed by atoms with Gasteiger partial charge in [-0.25, -0.2) is 4.57 Å². The van der Waals surface area contributed by atoms with Crippen LogP contribution in [-0.4, -0.2) is 67.5 Å². The van der Waals surface area contributed by atoms with Crippen LogP contribution in [0.3, 0.4) is 0 Å². The van der Waals surface area contributed by atoms with E-state index in [2.05, 4.69) is 9.26 Å². The molecule has 100 valence electrons. The molecule has 1 rings (SSSR count). The first-order valence-corrected chi connectivity index (χ1v) is 5.83. The van der Waals surface area contributed by atoms with Crippen molar-refractivity contribution >= 4 is 7.82 Å². The summed E-state index contributed by atoms with van der Waals surface area (Å²) in [5.41, 5.74) is 0. The van der Waals surface area contributed by atoms with Crippen molar-refractivity contribution in [2.75, 3.05) is 6.61 Å². The fourth-order valence-electron chi connectivity index (χ4n) is 1.24. The van der Waals surface area contributed by atoms with Crippen LogP contribution in [0.25, 0.3) is 0 Å². The van der Waals surface area contributed by atoms with Crippen LogP contribution >= 0.6 is 7.82 Å². The van der Waals surface area contributed by atoms with Gasteiger partial charge in [-0.3, -0.25) is 4.52 Å². The maximum Gasteiger partial charge on any atom is 1.00 e. The van der Waals surface area contributed by atoms with Gasteiger partial charge in [0, 0.05) is 0 Å². The first kappa shape index (κ1) is 22.2. The van der Waals surface area contributed by atoms with Gasteiger partial charge in [-0.1, -0.05) is 0 Å². The van der Waals surface area contributed by atoms with Crippen LogP contribution in [0.1, 0.15) is 2.85 Å². The molecule has 18 heavy (non-hydrogen) atoms. The molecular weight excluding hydrogens is 293 g/mol. The Labute approximate surface area is 150 Å². The van der Waals surface area contributed by atoms with Gasteiger partial charge in [0.25, 0.3) is 0 Å². The number of ether oxygens (including phenoxy) is 1. The number of aliphatic hydroxyl groups excluding tert-OH is 4. The molecule has 1 fully saturated rings. The van der Waals surface area contributed by atoms with E-state index in [1.165, 1.54) is 0 Å². The normalized spacial score (nSPS) is 36.4. The second-order valence-electron chi connectivity index (χ2n) is 3.32. The maximum absolute atomic E-state index is 10.4. The Morgan fingerprint density at radius 2 is 1.56 bits per heavy atom. The molecular formula is C6H15Na2O9P. The molecule has 0 aromatic carbocycles. The molecule has 1 heterocycles. The molecule has 5 atom stereocenters. The van der Waals surface area contributed by atoms with Crippen LogP contribution in [0.4, 0.5) is 0 Å². The summed E-state index contributed by atoms with van der Waals surface area (Å²) in [7, 11) is -4.73. The van der Waals surface area contributed by atoms with Crippen molar-refractivity contribution in [3.63, 3.8) is 0 Å². The Balaban J connectivity index is -0.000000320. The molecule has 0 spiro atoms. The predicted octanol–water partition coefficient (Wildman–Crippen LogP) is -8.87. The SMILES string of the molecule is O=P(O)(O)OC[C@H]1O[C@H](O)[C@H](O)[C@@H](O)[C@@H]1O.[H-].[H-].[Na+].[Na+]. The summed E-state index contributed by atoms with van der Waals surface area (Å²) in [6.45, 7) is -0.730. The zero-order valence-corrected chi connectivity index (χ0v) is 14.8.